The van der Waals surface area contributed by atoms with Crippen molar-refractivity contribution in [3.05, 3.63) is 44.5 Å². The molecule has 2 aromatic heterocycles. The highest BCUT2D eigenvalue weighted by Gasteiger charge is 2.25. The van der Waals surface area contributed by atoms with E-state index in [9.17, 15) is 4.79 Å². The van der Waals surface area contributed by atoms with Crippen molar-refractivity contribution in [1.82, 2.24) is 0 Å². The van der Waals surface area contributed by atoms with E-state index < -0.39 is 0 Å². The molecule has 2 aliphatic carbocycles. The van der Waals surface area contributed by atoms with E-state index in [1.807, 2.05) is 6.92 Å². The lowest BCUT2D eigenvalue weighted by atomic mass is 9.94. The fourth-order valence-electron chi connectivity index (χ4n) is 4.31. The maximum Gasteiger partial charge on any atom is 0.339 e. The molecule has 22 heavy (non-hydrogen) atoms. The number of hydrogen-bond acceptors (Lipinski definition) is 3. The van der Waals surface area contributed by atoms with Gasteiger partial charge >= 0.3 is 5.63 Å². The summed E-state index contributed by atoms with van der Waals surface area (Å²) in [5.74, 6) is 1.14. The van der Waals surface area contributed by atoms with Gasteiger partial charge in [0.05, 0.1) is 0 Å². The lowest BCUT2D eigenvalue weighted by Gasteiger charge is -2.09. The first-order valence-corrected chi connectivity index (χ1v) is 8.26. The Hall–Kier alpha value is -2.03. The number of benzene rings is 1. The van der Waals surface area contributed by atoms with Gasteiger partial charge in [-0.15, -0.1) is 0 Å². The number of fused-ring (bicyclic) bond motifs is 6. The second kappa shape index (κ2) is 4.25. The van der Waals surface area contributed by atoms with Gasteiger partial charge in [-0.05, 0) is 57.1 Å². The Morgan fingerprint density at radius 1 is 0.818 bits per heavy atom. The second-order valence-electron chi connectivity index (χ2n) is 6.67. The van der Waals surface area contributed by atoms with Gasteiger partial charge in [-0.3, -0.25) is 0 Å². The minimum absolute atomic E-state index is 0.154. The Bertz CT molecular complexity index is 988. The first kappa shape index (κ1) is 12.5. The number of aryl methyl sites for hydroxylation is 4. The van der Waals surface area contributed by atoms with E-state index in [2.05, 4.69) is 6.07 Å². The number of hydrogen-bond donors (Lipinski definition) is 0. The molecule has 0 atom stereocenters. The van der Waals surface area contributed by atoms with Gasteiger partial charge in [0.25, 0.3) is 0 Å². The molecule has 0 saturated carbocycles. The van der Waals surface area contributed by atoms with Crippen LogP contribution in [0.1, 0.15) is 47.3 Å². The van der Waals surface area contributed by atoms with E-state index in [4.69, 9.17) is 8.83 Å². The van der Waals surface area contributed by atoms with Crippen molar-refractivity contribution in [2.75, 3.05) is 0 Å². The molecule has 2 heterocycles. The largest absolute Gasteiger partial charge is 0.460 e. The molecule has 0 bridgehead atoms. The van der Waals surface area contributed by atoms with Crippen LogP contribution in [0.25, 0.3) is 21.9 Å². The molecule has 0 spiro atoms. The molecule has 2 aliphatic rings. The molecule has 0 radical (unpaired) electrons. The average Bonchev–Trinajstić information content (AvgIpc) is 3.14. The highest BCUT2D eigenvalue weighted by atomic mass is 16.4. The van der Waals surface area contributed by atoms with Crippen LogP contribution in [-0.4, -0.2) is 0 Å². The summed E-state index contributed by atoms with van der Waals surface area (Å²) in [6.45, 7) is 2.02. The molecule has 0 saturated heterocycles. The van der Waals surface area contributed by atoms with Crippen LogP contribution in [0.3, 0.4) is 0 Å². The summed E-state index contributed by atoms with van der Waals surface area (Å²) < 4.78 is 11.8. The molecular formula is C19H18O3. The van der Waals surface area contributed by atoms with Gasteiger partial charge in [0.2, 0.25) is 0 Å². The SMILES string of the molecule is Cc1c2oc3c(c2cc2c4c(c(=O)oc12)CCC4)CCCC3. The summed E-state index contributed by atoms with van der Waals surface area (Å²) >= 11 is 0. The van der Waals surface area contributed by atoms with Gasteiger partial charge in [0, 0.05) is 33.9 Å². The smallest absolute Gasteiger partial charge is 0.339 e. The van der Waals surface area contributed by atoms with Crippen LogP contribution in [-0.2, 0) is 25.7 Å². The Labute approximate surface area is 127 Å². The highest BCUT2D eigenvalue weighted by molar-refractivity contribution is 6.00. The quantitative estimate of drug-likeness (QED) is 0.583. The van der Waals surface area contributed by atoms with Crippen molar-refractivity contribution in [3.8, 4) is 0 Å². The Morgan fingerprint density at radius 2 is 1.50 bits per heavy atom. The van der Waals surface area contributed by atoms with Crippen molar-refractivity contribution in [2.24, 2.45) is 0 Å². The maximum atomic E-state index is 12.2. The summed E-state index contributed by atoms with van der Waals surface area (Å²) in [5, 5.41) is 2.37. The topological polar surface area (TPSA) is 43.4 Å². The second-order valence-corrected chi connectivity index (χ2v) is 6.67. The lowest BCUT2D eigenvalue weighted by molar-refractivity contribution is 0.503. The number of furan rings is 1. The van der Waals surface area contributed by atoms with Crippen molar-refractivity contribution < 1.29 is 8.83 Å². The van der Waals surface area contributed by atoms with E-state index in [1.54, 1.807) is 0 Å². The van der Waals surface area contributed by atoms with Crippen molar-refractivity contribution in [1.29, 1.82) is 0 Å². The Balaban J connectivity index is 1.97. The van der Waals surface area contributed by atoms with E-state index in [0.29, 0.717) is 0 Å². The van der Waals surface area contributed by atoms with Gasteiger partial charge < -0.3 is 8.83 Å². The molecule has 3 aromatic rings. The van der Waals surface area contributed by atoms with Crippen molar-refractivity contribution in [3.63, 3.8) is 0 Å². The van der Waals surface area contributed by atoms with Crippen LogP contribution in [0.4, 0.5) is 0 Å². The van der Waals surface area contributed by atoms with Crippen molar-refractivity contribution >= 4 is 21.9 Å². The summed E-state index contributed by atoms with van der Waals surface area (Å²) in [6.07, 6.45) is 7.47. The summed E-state index contributed by atoms with van der Waals surface area (Å²) in [6, 6.07) is 2.22. The molecule has 112 valence electrons. The first-order chi connectivity index (χ1) is 10.7. The van der Waals surface area contributed by atoms with Crippen molar-refractivity contribution in [2.45, 2.75) is 51.9 Å². The van der Waals surface area contributed by atoms with Crippen LogP contribution in [0.2, 0.25) is 0 Å². The zero-order valence-electron chi connectivity index (χ0n) is 12.8. The van der Waals surface area contributed by atoms with Gasteiger partial charge in [-0.25, -0.2) is 4.79 Å². The van der Waals surface area contributed by atoms with Gasteiger partial charge in [-0.1, -0.05) is 0 Å². The predicted molar refractivity (Wildman–Crippen MR) is 85.7 cm³/mol. The minimum atomic E-state index is -0.154. The van der Waals surface area contributed by atoms with E-state index in [0.717, 1.165) is 65.5 Å². The average molecular weight is 294 g/mol. The van der Waals surface area contributed by atoms with Crippen LogP contribution in [0.5, 0.6) is 0 Å². The molecule has 3 nitrogen and oxygen atoms in total. The minimum Gasteiger partial charge on any atom is -0.460 e. The molecule has 1 aromatic carbocycles. The van der Waals surface area contributed by atoms with Gasteiger partial charge in [0.1, 0.15) is 16.9 Å². The Morgan fingerprint density at radius 3 is 2.41 bits per heavy atom. The van der Waals surface area contributed by atoms with E-state index >= 15 is 0 Å². The monoisotopic (exact) mass is 294 g/mol. The first-order valence-electron chi connectivity index (χ1n) is 8.26. The summed E-state index contributed by atoms with van der Waals surface area (Å²) in [4.78, 5) is 12.2. The molecule has 0 aliphatic heterocycles. The molecule has 0 amide bonds. The zero-order chi connectivity index (χ0) is 14.8. The van der Waals surface area contributed by atoms with Crippen LogP contribution >= 0.6 is 0 Å². The van der Waals surface area contributed by atoms with E-state index in [-0.39, 0.29) is 5.63 Å². The summed E-state index contributed by atoms with van der Waals surface area (Å²) in [7, 11) is 0. The molecule has 0 fully saturated rings. The fraction of sp³-hybridized carbons (Fsp3) is 0.421. The van der Waals surface area contributed by atoms with Gasteiger partial charge in [0.15, 0.2) is 0 Å². The van der Waals surface area contributed by atoms with E-state index in [1.165, 1.54) is 29.4 Å². The fourth-order valence-corrected chi connectivity index (χ4v) is 4.31. The standard InChI is InChI=1S/C19H18O3/c1-10-17-15(12-5-2-3-8-16(12)21-17)9-14-11-6-4-7-13(11)19(20)22-18(10)14/h9H,2-8H2,1H3. The van der Waals surface area contributed by atoms with Crippen LogP contribution in [0.15, 0.2) is 19.7 Å². The highest BCUT2D eigenvalue weighted by Crippen LogP contribution is 2.39. The summed E-state index contributed by atoms with van der Waals surface area (Å²) in [5.41, 5.74) is 5.95. The molecule has 0 unspecified atom stereocenters. The molecular weight excluding hydrogens is 276 g/mol. The maximum absolute atomic E-state index is 12.2. The van der Waals surface area contributed by atoms with Crippen LogP contribution < -0.4 is 5.63 Å². The third-order valence-electron chi connectivity index (χ3n) is 5.41. The predicted octanol–water partition coefficient (Wildman–Crippen LogP) is 4.22. The Kier molecular flexibility index (Phi) is 2.42. The number of rotatable bonds is 0. The molecule has 3 heteroatoms. The van der Waals surface area contributed by atoms with Gasteiger partial charge in [-0.2, -0.15) is 0 Å². The normalized spacial score (nSPS) is 17.1. The zero-order valence-corrected chi connectivity index (χ0v) is 12.8. The lowest BCUT2D eigenvalue weighted by Crippen LogP contribution is -2.07. The third kappa shape index (κ3) is 1.49. The molecule has 5 rings (SSSR count). The van der Waals surface area contributed by atoms with Crippen LogP contribution in [0, 0.1) is 6.92 Å². The third-order valence-corrected chi connectivity index (χ3v) is 5.41. The molecule has 0 N–H and O–H groups in total.